The summed E-state index contributed by atoms with van der Waals surface area (Å²) in [5.74, 6) is 0.874. The Balaban J connectivity index is 1.43. The van der Waals surface area contributed by atoms with Gasteiger partial charge >= 0.3 is 0 Å². The lowest BCUT2D eigenvalue weighted by atomic mass is 10.1. The van der Waals surface area contributed by atoms with Gasteiger partial charge in [-0.3, -0.25) is 4.79 Å². The van der Waals surface area contributed by atoms with E-state index in [9.17, 15) is 4.79 Å². The zero-order valence-electron chi connectivity index (χ0n) is 12.8. The highest BCUT2D eigenvalue weighted by Gasteiger charge is 2.18. The van der Waals surface area contributed by atoms with Gasteiger partial charge in [-0.15, -0.1) is 0 Å². The zero-order valence-corrected chi connectivity index (χ0v) is 12.8. The molecule has 2 N–H and O–H groups in total. The Morgan fingerprint density at radius 3 is 2.82 bits per heavy atom. The normalized spacial score (nSPS) is 24.4. The van der Waals surface area contributed by atoms with Gasteiger partial charge in [0, 0.05) is 24.8 Å². The number of rotatable bonds is 6. The van der Waals surface area contributed by atoms with Crippen molar-refractivity contribution in [1.82, 2.24) is 5.32 Å². The highest BCUT2D eigenvalue weighted by molar-refractivity contribution is 5.91. The second kappa shape index (κ2) is 7.61. The van der Waals surface area contributed by atoms with Gasteiger partial charge in [0.1, 0.15) is 12.4 Å². The molecule has 3 rings (SSSR count). The first-order valence-electron chi connectivity index (χ1n) is 8.17. The Morgan fingerprint density at radius 1 is 1.27 bits per heavy atom. The lowest BCUT2D eigenvalue weighted by Crippen LogP contribution is -2.27. The van der Waals surface area contributed by atoms with Crippen molar-refractivity contribution in [3.05, 3.63) is 24.3 Å². The quantitative estimate of drug-likeness (QED) is 0.847. The Morgan fingerprint density at radius 2 is 2.14 bits per heavy atom. The highest BCUT2D eigenvalue weighted by atomic mass is 16.5. The van der Waals surface area contributed by atoms with Gasteiger partial charge in [-0.1, -0.05) is 0 Å². The number of hydrogen-bond donors (Lipinski definition) is 2. The molecule has 2 atom stereocenters. The van der Waals surface area contributed by atoms with Crippen LogP contribution < -0.4 is 15.4 Å². The molecule has 0 aliphatic carbocycles. The lowest BCUT2D eigenvalue weighted by molar-refractivity contribution is -0.116. The van der Waals surface area contributed by atoms with E-state index in [4.69, 9.17) is 9.47 Å². The van der Waals surface area contributed by atoms with E-state index in [0.29, 0.717) is 19.1 Å². The SMILES string of the molecule is O=C(CC1CCCN1)Nc1ccc(OCC2CCCO2)cc1. The average Bonchev–Trinajstić information content (AvgIpc) is 3.20. The molecular formula is C17H24N2O3. The van der Waals surface area contributed by atoms with Gasteiger partial charge in [-0.2, -0.15) is 0 Å². The molecule has 2 heterocycles. The number of hydrogen-bond acceptors (Lipinski definition) is 4. The van der Waals surface area contributed by atoms with Gasteiger partial charge in [0.25, 0.3) is 0 Å². The highest BCUT2D eigenvalue weighted by Crippen LogP contribution is 2.19. The first-order valence-corrected chi connectivity index (χ1v) is 8.17. The third kappa shape index (κ3) is 4.45. The van der Waals surface area contributed by atoms with Crippen molar-refractivity contribution < 1.29 is 14.3 Å². The molecular weight excluding hydrogens is 280 g/mol. The average molecular weight is 304 g/mol. The molecule has 2 aliphatic rings. The number of benzene rings is 1. The van der Waals surface area contributed by atoms with Crippen molar-refractivity contribution in [1.29, 1.82) is 0 Å². The van der Waals surface area contributed by atoms with Crippen LogP contribution in [0.4, 0.5) is 5.69 Å². The minimum absolute atomic E-state index is 0.0624. The summed E-state index contributed by atoms with van der Waals surface area (Å²) in [5, 5.41) is 6.27. The van der Waals surface area contributed by atoms with Crippen LogP contribution in [-0.4, -0.2) is 37.8 Å². The van der Waals surface area contributed by atoms with Crippen LogP contribution >= 0.6 is 0 Å². The molecule has 0 saturated carbocycles. The molecule has 2 fully saturated rings. The van der Waals surface area contributed by atoms with Crippen molar-refractivity contribution in [3.63, 3.8) is 0 Å². The molecule has 0 radical (unpaired) electrons. The summed E-state index contributed by atoms with van der Waals surface area (Å²) in [5.41, 5.74) is 0.812. The van der Waals surface area contributed by atoms with Crippen LogP contribution in [0.1, 0.15) is 32.1 Å². The van der Waals surface area contributed by atoms with E-state index < -0.39 is 0 Å². The maximum Gasteiger partial charge on any atom is 0.225 e. The van der Waals surface area contributed by atoms with Crippen LogP contribution in [-0.2, 0) is 9.53 Å². The zero-order chi connectivity index (χ0) is 15.2. The number of ether oxygens (including phenoxy) is 2. The molecule has 0 aromatic heterocycles. The van der Waals surface area contributed by atoms with Crippen molar-refractivity contribution in [2.45, 2.75) is 44.2 Å². The summed E-state index contributed by atoms with van der Waals surface area (Å²) < 4.78 is 11.2. The molecule has 5 heteroatoms. The largest absolute Gasteiger partial charge is 0.491 e. The van der Waals surface area contributed by atoms with Crippen molar-refractivity contribution >= 4 is 11.6 Å². The molecule has 1 amide bonds. The molecule has 0 spiro atoms. The maximum atomic E-state index is 12.0. The molecule has 1 aromatic rings. The summed E-state index contributed by atoms with van der Waals surface area (Å²) >= 11 is 0. The van der Waals surface area contributed by atoms with Crippen LogP contribution in [0.5, 0.6) is 5.75 Å². The molecule has 5 nitrogen and oxygen atoms in total. The first-order chi connectivity index (χ1) is 10.8. The van der Waals surface area contributed by atoms with Gasteiger partial charge in [0.15, 0.2) is 0 Å². The fourth-order valence-corrected chi connectivity index (χ4v) is 2.97. The summed E-state index contributed by atoms with van der Waals surface area (Å²) in [4.78, 5) is 12.0. The second-order valence-corrected chi connectivity index (χ2v) is 6.02. The van der Waals surface area contributed by atoms with Crippen molar-refractivity contribution in [3.8, 4) is 5.75 Å². The third-order valence-corrected chi connectivity index (χ3v) is 4.19. The molecule has 2 aliphatic heterocycles. The Labute approximate surface area is 131 Å². The third-order valence-electron chi connectivity index (χ3n) is 4.19. The fourth-order valence-electron chi connectivity index (χ4n) is 2.97. The summed E-state index contributed by atoms with van der Waals surface area (Å²) in [6, 6.07) is 7.86. The lowest BCUT2D eigenvalue weighted by Gasteiger charge is -2.13. The molecule has 1 aromatic carbocycles. The summed E-state index contributed by atoms with van der Waals surface area (Å²) in [7, 11) is 0. The second-order valence-electron chi connectivity index (χ2n) is 6.02. The number of carbonyl (C=O) groups excluding carboxylic acids is 1. The predicted octanol–water partition coefficient (Wildman–Crippen LogP) is 2.33. The van der Waals surface area contributed by atoms with Gasteiger partial charge in [0.05, 0.1) is 6.10 Å². The van der Waals surface area contributed by atoms with Gasteiger partial charge in [-0.25, -0.2) is 0 Å². The maximum absolute atomic E-state index is 12.0. The van der Waals surface area contributed by atoms with E-state index in [-0.39, 0.29) is 12.0 Å². The van der Waals surface area contributed by atoms with Crippen LogP contribution in [0.2, 0.25) is 0 Å². The number of carbonyl (C=O) groups is 1. The number of amides is 1. The van der Waals surface area contributed by atoms with Gasteiger partial charge < -0.3 is 20.1 Å². The van der Waals surface area contributed by atoms with E-state index in [1.54, 1.807) is 0 Å². The van der Waals surface area contributed by atoms with E-state index >= 15 is 0 Å². The van der Waals surface area contributed by atoms with E-state index in [0.717, 1.165) is 50.3 Å². The molecule has 2 unspecified atom stereocenters. The summed E-state index contributed by atoms with van der Waals surface area (Å²) in [6.45, 7) is 2.46. The summed E-state index contributed by atoms with van der Waals surface area (Å²) in [6.07, 6.45) is 5.20. The Kier molecular flexibility index (Phi) is 5.29. The van der Waals surface area contributed by atoms with Crippen molar-refractivity contribution in [2.24, 2.45) is 0 Å². The smallest absolute Gasteiger partial charge is 0.225 e. The van der Waals surface area contributed by atoms with Gasteiger partial charge in [-0.05, 0) is 56.5 Å². The van der Waals surface area contributed by atoms with E-state index in [1.807, 2.05) is 24.3 Å². The minimum atomic E-state index is 0.0624. The molecule has 2 saturated heterocycles. The monoisotopic (exact) mass is 304 g/mol. The molecule has 22 heavy (non-hydrogen) atoms. The number of nitrogens with one attached hydrogen (secondary N) is 2. The standard InChI is InChI=1S/C17H24N2O3/c20-17(11-14-3-1-9-18-14)19-13-5-7-15(8-6-13)22-12-16-4-2-10-21-16/h5-8,14,16,18H,1-4,9-12H2,(H,19,20). The predicted molar refractivity (Wildman–Crippen MR) is 85.2 cm³/mol. The van der Waals surface area contributed by atoms with Crippen LogP contribution in [0.3, 0.4) is 0 Å². The van der Waals surface area contributed by atoms with Crippen molar-refractivity contribution in [2.75, 3.05) is 25.1 Å². The topological polar surface area (TPSA) is 59.6 Å². The van der Waals surface area contributed by atoms with Crippen LogP contribution in [0, 0.1) is 0 Å². The fraction of sp³-hybridized carbons (Fsp3) is 0.588. The Bertz CT molecular complexity index is 477. The molecule has 0 bridgehead atoms. The minimum Gasteiger partial charge on any atom is -0.491 e. The number of anilines is 1. The van der Waals surface area contributed by atoms with E-state index in [2.05, 4.69) is 10.6 Å². The molecule has 120 valence electrons. The Hall–Kier alpha value is -1.59. The first kappa shape index (κ1) is 15.3. The van der Waals surface area contributed by atoms with E-state index in [1.165, 1.54) is 0 Å². The van der Waals surface area contributed by atoms with Gasteiger partial charge in [0.2, 0.25) is 5.91 Å². The van der Waals surface area contributed by atoms with Crippen LogP contribution in [0.25, 0.3) is 0 Å². The van der Waals surface area contributed by atoms with Crippen LogP contribution in [0.15, 0.2) is 24.3 Å².